The van der Waals surface area contributed by atoms with Gasteiger partial charge < -0.3 is 14.8 Å². The highest BCUT2D eigenvalue weighted by Crippen LogP contribution is 2.20. The number of nitrogens with one attached hydrogen (secondary N) is 1. The number of hydrogen-bond acceptors (Lipinski definition) is 9. The maximum absolute atomic E-state index is 13.7. The average Bonchev–Trinajstić information content (AvgIpc) is 3.01. The molecule has 0 atom stereocenters. The first-order chi connectivity index (χ1) is 19.9. The molecule has 0 aliphatic heterocycles. The second-order valence-electron chi connectivity index (χ2n) is 8.87. The molecule has 0 radical (unpaired) electrons. The molecule has 0 aliphatic carbocycles. The first kappa shape index (κ1) is 29.6. The number of pyridine rings is 2. The number of nitrogens with zero attached hydrogens (tertiary/aromatic N) is 4. The largest absolute Gasteiger partial charge is 0.465 e. The van der Waals surface area contributed by atoms with Gasteiger partial charge in [0.2, 0.25) is 0 Å². The van der Waals surface area contributed by atoms with Crippen LogP contribution in [0.5, 0.6) is 0 Å². The number of carbonyl (C=O) groups is 3. The summed E-state index contributed by atoms with van der Waals surface area (Å²) >= 11 is 0. The topological polar surface area (TPSA) is 142 Å². The third kappa shape index (κ3) is 6.16. The summed E-state index contributed by atoms with van der Waals surface area (Å²) in [6.07, 6.45) is 5.17. The highest BCUT2D eigenvalue weighted by atomic mass is 35.5. The van der Waals surface area contributed by atoms with Gasteiger partial charge in [-0.3, -0.25) is 19.1 Å². The molecule has 5 aromatic rings. The maximum atomic E-state index is 13.7. The van der Waals surface area contributed by atoms with Crippen LogP contribution in [0.25, 0.3) is 16.9 Å². The molecule has 0 fully saturated rings. The van der Waals surface area contributed by atoms with Gasteiger partial charge in [-0.1, -0.05) is 12.1 Å². The van der Waals surface area contributed by atoms with Crippen LogP contribution in [0.1, 0.15) is 42.3 Å². The van der Waals surface area contributed by atoms with Crippen molar-refractivity contribution in [1.29, 1.82) is 0 Å². The predicted octanol–water partition coefficient (Wildman–Crippen LogP) is 4.01. The van der Waals surface area contributed by atoms with E-state index in [1.54, 1.807) is 61.1 Å². The fourth-order valence-electron chi connectivity index (χ4n) is 4.27. The van der Waals surface area contributed by atoms with Gasteiger partial charge in [0.15, 0.2) is 5.65 Å². The van der Waals surface area contributed by atoms with Gasteiger partial charge in [-0.25, -0.2) is 19.6 Å². The summed E-state index contributed by atoms with van der Waals surface area (Å²) in [4.78, 5) is 64.2. The van der Waals surface area contributed by atoms with Crippen molar-refractivity contribution in [2.45, 2.75) is 6.42 Å². The van der Waals surface area contributed by atoms with Gasteiger partial charge >= 0.3 is 11.9 Å². The van der Waals surface area contributed by atoms with Crippen LogP contribution in [0.4, 0.5) is 5.69 Å². The van der Waals surface area contributed by atoms with E-state index in [1.165, 1.54) is 37.0 Å². The lowest BCUT2D eigenvalue weighted by atomic mass is 10.0. The SMILES string of the molecule is COC(=O)c1cc(C(=O)Nc2cccc(-n3c(=O)c(Cc4cccnc4)nc4cccnc43)c2)cc(C(=O)OC)c1.Cl. The number of hydrogen-bond donors (Lipinski definition) is 1. The van der Waals surface area contributed by atoms with Crippen molar-refractivity contribution in [3.05, 3.63) is 124 Å². The molecule has 0 unspecified atom stereocenters. The van der Waals surface area contributed by atoms with Crippen LogP contribution >= 0.6 is 12.4 Å². The molecule has 0 spiro atoms. The van der Waals surface area contributed by atoms with Crippen molar-refractivity contribution >= 4 is 47.1 Å². The third-order valence-electron chi connectivity index (χ3n) is 6.18. The van der Waals surface area contributed by atoms with E-state index >= 15 is 0 Å². The molecule has 0 saturated heterocycles. The Bertz CT molecular complexity index is 1820. The molecule has 0 bridgehead atoms. The van der Waals surface area contributed by atoms with Gasteiger partial charge in [0.1, 0.15) is 11.2 Å². The minimum atomic E-state index is -0.717. The van der Waals surface area contributed by atoms with Crippen LogP contribution in [0.3, 0.4) is 0 Å². The quantitative estimate of drug-likeness (QED) is 0.280. The third-order valence-corrected chi connectivity index (χ3v) is 6.18. The maximum Gasteiger partial charge on any atom is 0.337 e. The summed E-state index contributed by atoms with van der Waals surface area (Å²) in [5.74, 6) is -2.03. The van der Waals surface area contributed by atoms with Crippen molar-refractivity contribution in [1.82, 2.24) is 19.5 Å². The van der Waals surface area contributed by atoms with Crippen LogP contribution in [-0.2, 0) is 15.9 Å². The summed E-state index contributed by atoms with van der Waals surface area (Å²) in [5, 5.41) is 2.76. The van der Waals surface area contributed by atoms with E-state index in [2.05, 4.69) is 20.3 Å². The fourth-order valence-corrected chi connectivity index (χ4v) is 4.27. The lowest BCUT2D eigenvalue weighted by Gasteiger charge is -2.13. The molecular weight excluding hydrogens is 562 g/mol. The van der Waals surface area contributed by atoms with Gasteiger partial charge in [0.05, 0.1) is 31.0 Å². The lowest BCUT2D eigenvalue weighted by molar-refractivity contribution is 0.0599. The van der Waals surface area contributed by atoms with Crippen molar-refractivity contribution < 1.29 is 23.9 Å². The number of ether oxygens (including phenoxy) is 2. The van der Waals surface area contributed by atoms with E-state index in [4.69, 9.17) is 9.47 Å². The first-order valence-electron chi connectivity index (χ1n) is 12.4. The van der Waals surface area contributed by atoms with Gasteiger partial charge in [-0.15, -0.1) is 12.4 Å². The van der Waals surface area contributed by atoms with Gasteiger partial charge in [0, 0.05) is 36.3 Å². The van der Waals surface area contributed by atoms with Crippen LogP contribution < -0.4 is 10.9 Å². The highest BCUT2D eigenvalue weighted by Gasteiger charge is 2.18. The first-order valence-corrected chi connectivity index (χ1v) is 12.4. The highest BCUT2D eigenvalue weighted by molar-refractivity contribution is 6.07. The van der Waals surface area contributed by atoms with E-state index in [1.807, 2.05) is 6.07 Å². The zero-order valence-corrected chi connectivity index (χ0v) is 23.3. The molecule has 1 N–H and O–H groups in total. The molecule has 5 rings (SSSR count). The number of amides is 1. The summed E-state index contributed by atoms with van der Waals surface area (Å²) in [6.45, 7) is 0. The van der Waals surface area contributed by atoms with E-state index in [0.29, 0.717) is 28.2 Å². The molecule has 0 aliphatic rings. The number of esters is 2. The molecule has 3 heterocycles. The minimum Gasteiger partial charge on any atom is -0.465 e. The molecular formula is C30H24ClN5O6. The number of rotatable bonds is 7. The van der Waals surface area contributed by atoms with Crippen molar-refractivity contribution in [3.63, 3.8) is 0 Å². The number of fused-ring (bicyclic) bond motifs is 1. The Morgan fingerprint density at radius 2 is 1.55 bits per heavy atom. The summed E-state index contributed by atoms with van der Waals surface area (Å²) in [7, 11) is 2.39. The van der Waals surface area contributed by atoms with E-state index in [0.717, 1.165) is 5.56 Å². The number of halogens is 1. The Kier molecular flexibility index (Phi) is 9.03. The number of aromatic nitrogens is 4. The van der Waals surface area contributed by atoms with Gasteiger partial charge in [-0.2, -0.15) is 0 Å². The number of methoxy groups -OCH3 is 2. The standard InChI is InChI=1S/C30H23N5O6.ClH/c1-40-29(38)20-13-19(14-21(15-20)30(39)41-2)27(36)33-22-7-3-8-23(16-22)35-26-24(9-5-11-32-26)34-25(28(35)37)12-18-6-4-10-31-17-18;/h3-11,13-17H,12H2,1-2H3,(H,33,36);1H. The molecule has 3 aromatic heterocycles. The molecule has 12 heteroatoms. The number of carbonyl (C=O) groups excluding carboxylic acids is 3. The van der Waals surface area contributed by atoms with Crippen molar-refractivity contribution in [3.8, 4) is 5.69 Å². The Morgan fingerprint density at radius 1 is 0.857 bits per heavy atom. The van der Waals surface area contributed by atoms with Crippen molar-refractivity contribution in [2.24, 2.45) is 0 Å². The van der Waals surface area contributed by atoms with Crippen LogP contribution in [0, 0.1) is 0 Å². The molecule has 0 saturated carbocycles. The van der Waals surface area contributed by atoms with Gasteiger partial charge in [0.25, 0.3) is 11.5 Å². The average molecular weight is 586 g/mol. The predicted molar refractivity (Wildman–Crippen MR) is 157 cm³/mol. The molecule has 42 heavy (non-hydrogen) atoms. The zero-order valence-electron chi connectivity index (χ0n) is 22.4. The van der Waals surface area contributed by atoms with E-state index in [9.17, 15) is 19.2 Å². The molecule has 11 nitrogen and oxygen atoms in total. The second kappa shape index (κ2) is 12.8. The monoisotopic (exact) mass is 585 g/mol. The molecule has 212 valence electrons. The van der Waals surface area contributed by atoms with Crippen LogP contribution in [0.2, 0.25) is 0 Å². The normalized spacial score (nSPS) is 10.4. The smallest absolute Gasteiger partial charge is 0.337 e. The van der Waals surface area contributed by atoms with Crippen molar-refractivity contribution in [2.75, 3.05) is 19.5 Å². The molecule has 1 amide bonds. The lowest BCUT2D eigenvalue weighted by Crippen LogP contribution is -2.25. The van der Waals surface area contributed by atoms with E-state index < -0.39 is 17.8 Å². The van der Waals surface area contributed by atoms with Gasteiger partial charge in [-0.05, 0) is 60.2 Å². The Labute approximate surface area is 245 Å². The summed E-state index contributed by atoms with van der Waals surface area (Å²) < 4.78 is 10.9. The molecule has 2 aromatic carbocycles. The summed E-state index contributed by atoms with van der Waals surface area (Å²) in [5.41, 5.74) is 2.51. The van der Waals surface area contributed by atoms with E-state index in [-0.39, 0.29) is 41.1 Å². The van der Waals surface area contributed by atoms with Crippen LogP contribution in [0.15, 0.2) is 90.1 Å². The zero-order chi connectivity index (χ0) is 28.9. The Balaban J connectivity index is 0.00000405. The fraction of sp³-hybridized carbons (Fsp3) is 0.100. The number of benzene rings is 2. The Morgan fingerprint density at radius 3 is 2.21 bits per heavy atom. The van der Waals surface area contributed by atoms with Crippen LogP contribution in [-0.4, -0.2) is 51.6 Å². The Hall–Kier alpha value is -5.42. The second-order valence-corrected chi connectivity index (χ2v) is 8.87. The summed E-state index contributed by atoms with van der Waals surface area (Å²) in [6, 6.07) is 17.7. The number of anilines is 1. The minimum absolute atomic E-state index is 0.